The standard InChI is InChI=1S/C31H33FN4O4/c1-21-28(36(25-7-5-4-6-8-25)34-30(21)22-9-11-27(39-3)12-10-22)19-26(37)17-24-20-35(15-16-38-2)40-31(24)23-13-14-33-29(32)18-23/h4-14,18,24,31H,15-17,19-20H2,1-3H3/t24-,31+/m1/s1. The number of Topliss-reactive ketones (excluding diaryl/α,β-unsaturated/α-hetero) is 1. The fourth-order valence-corrected chi connectivity index (χ4v) is 5.18. The summed E-state index contributed by atoms with van der Waals surface area (Å²) in [7, 11) is 3.27. The van der Waals surface area contributed by atoms with Crippen molar-refractivity contribution in [1.82, 2.24) is 19.8 Å². The molecular weight excluding hydrogens is 511 g/mol. The second-order valence-electron chi connectivity index (χ2n) is 9.89. The third kappa shape index (κ3) is 6.12. The van der Waals surface area contributed by atoms with Crippen molar-refractivity contribution < 1.29 is 23.5 Å². The Morgan fingerprint density at radius 2 is 1.88 bits per heavy atom. The van der Waals surface area contributed by atoms with Gasteiger partial charge >= 0.3 is 0 Å². The zero-order valence-electron chi connectivity index (χ0n) is 22.9. The Morgan fingerprint density at radius 1 is 1.10 bits per heavy atom. The normalized spacial score (nSPS) is 17.3. The largest absolute Gasteiger partial charge is 0.497 e. The average molecular weight is 545 g/mol. The summed E-state index contributed by atoms with van der Waals surface area (Å²) in [6.45, 7) is 3.58. The highest BCUT2D eigenvalue weighted by molar-refractivity contribution is 5.82. The van der Waals surface area contributed by atoms with Crippen LogP contribution in [0.1, 0.15) is 29.3 Å². The zero-order chi connectivity index (χ0) is 28.1. The van der Waals surface area contributed by atoms with Crippen molar-refractivity contribution in [3.05, 3.63) is 95.7 Å². The Kier molecular flexibility index (Phi) is 8.64. The van der Waals surface area contributed by atoms with Crippen LogP contribution in [0.2, 0.25) is 0 Å². The molecule has 0 amide bonds. The smallest absolute Gasteiger partial charge is 0.213 e. The van der Waals surface area contributed by atoms with Gasteiger partial charge in [-0.15, -0.1) is 0 Å². The van der Waals surface area contributed by atoms with Crippen LogP contribution < -0.4 is 4.74 Å². The molecule has 1 aliphatic rings. The highest BCUT2D eigenvalue weighted by Gasteiger charge is 2.37. The molecule has 1 aliphatic heterocycles. The van der Waals surface area contributed by atoms with E-state index in [1.165, 1.54) is 12.3 Å². The number of para-hydroxylation sites is 1. The van der Waals surface area contributed by atoms with Gasteiger partial charge in [-0.3, -0.25) is 9.63 Å². The molecule has 0 N–H and O–H groups in total. The Morgan fingerprint density at radius 3 is 2.58 bits per heavy atom. The van der Waals surface area contributed by atoms with E-state index < -0.39 is 12.1 Å². The summed E-state index contributed by atoms with van der Waals surface area (Å²) < 4.78 is 26.3. The Hall–Kier alpha value is -3.92. The second kappa shape index (κ2) is 12.5. The van der Waals surface area contributed by atoms with Gasteiger partial charge in [0, 0.05) is 50.7 Å². The summed E-state index contributed by atoms with van der Waals surface area (Å²) >= 11 is 0. The molecule has 8 nitrogen and oxygen atoms in total. The number of carbonyl (C=O) groups is 1. The number of halogens is 1. The Balaban J connectivity index is 1.42. The summed E-state index contributed by atoms with van der Waals surface area (Å²) in [6.07, 6.45) is 1.45. The van der Waals surface area contributed by atoms with E-state index in [1.807, 2.05) is 66.2 Å². The molecular formula is C31H33FN4O4. The summed E-state index contributed by atoms with van der Waals surface area (Å²) in [4.78, 5) is 23.5. The maximum absolute atomic E-state index is 13.9. The number of hydrogen-bond donors (Lipinski definition) is 0. The molecule has 0 radical (unpaired) electrons. The van der Waals surface area contributed by atoms with Gasteiger partial charge < -0.3 is 9.47 Å². The molecule has 40 heavy (non-hydrogen) atoms. The van der Waals surface area contributed by atoms with Crippen LogP contribution in [0.15, 0.2) is 72.9 Å². The molecule has 5 rings (SSSR count). The van der Waals surface area contributed by atoms with E-state index in [0.29, 0.717) is 25.3 Å². The number of ether oxygens (including phenoxy) is 2. The first-order chi connectivity index (χ1) is 19.5. The van der Waals surface area contributed by atoms with Gasteiger partial charge in [0.05, 0.1) is 30.8 Å². The topological polar surface area (TPSA) is 78.7 Å². The molecule has 9 heteroatoms. The number of hydroxylamine groups is 2. The summed E-state index contributed by atoms with van der Waals surface area (Å²) in [5.41, 5.74) is 5.09. The fraction of sp³-hybridized carbons (Fsp3) is 0.323. The maximum atomic E-state index is 13.9. The lowest BCUT2D eigenvalue weighted by Gasteiger charge is -2.17. The van der Waals surface area contributed by atoms with E-state index in [1.54, 1.807) is 25.3 Å². The van der Waals surface area contributed by atoms with E-state index in [2.05, 4.69) is 4.98 Å². The van der Waals surface area contributed by atoms with Crippen molar-refractivity contribution in [2.24, 2.45) is 5.92 Å². The van der Waals surface area contributed by atoms with Gasteiger partial charge in [0.15, 0.2) is 0 Å². The molecule has 208 valence electrons. The first kappa shape index (κ1) is 27.6. The third-order valence-electron chi connectivity index (χ3n) is 7.22. The number of benzene rings is 2. The van der Waals surface area contributed by atoms with Crippen molar-refractivity contribution in [2.75, 3.05) is 33.9 Å². The first-order valence-corrected chi connectivity index (χ1v) is 13.3. The molecule has 2 aromatic carbocycles. The zero-order valence-corrected chi connectivity index (χ0v) is 22.9. The number of hydrogen-bond acceptors (Lipinski definition) is 7. The van der Waals surface area contributed by atoms with E-state index in [0.717, 1.165) is 34.0 Å². The lowest BCUT2D eigenvalue weighted by Crippen LogP contribution is -2.24. The molecule has 0 spiro atoms. The summed E-state index contributed by atoms with van der Waals surface area (Å²) in [5.74, 6) is 0.0972. The lowest BCUT2D eigenvalue weighted by atomic mass is 9.91. The fourth-order valence-electron chi connectivity index (χ4n) is 5.18. The number of aromatic nitrogens is 3. The van der Waals surface area contributed by atoms with Gasteiger partial charge in [-0.25, -0.2) is 9.67 Å². The van der Waals surface area contributed by atoms with Crippen LogP contribution in [0.4, 0.5) is 4.39 Å². The first-order valence-electron chi connectivity index (χ1n) is 13.3. The summed E-state index contributed by atoms with van der Waals surface area (Å²) in [6, 6.07) is 20.7. The minimum absolute atomic E-state index is 0.0585. The van der Waals surface area contributed by atoms with E-state index >= 15 is 0 Å². The van der Waals surface area contributed by atoms with Crippen LogP contribution in [0.25, 0.3) is 16.9 Å². The number of carbonyl (C=O) groups excluding carboxylic acids is 1. The Bertz CT molecular complexity index is 1440. The number of nitrogens with zero attached hydrogens (tertiary/aromatic N) is 4. The van der Waals surface area contributed by atoms with E-state index in [9.17, 15) is 9.18 Å². The molecule has 0 aliphatic carbocycles. The number of methoxy groups -OCH3 is 2. The van der Waals surface area contributed by atoms with Gasteiger partial charge in [-0.2, -0.15) is 14.6 Å². The van der Waals surface area contributed by atoms with E-state index in [4.69, 9.17) is 19.4 Å². The van der Waals surface area contributed by atoms with Crippen molar-refractivity contribution in [3.63, 3.8) is 0 Å². The van der Waals surface area contributed by atoms with Crippen molar-refractivity contribution in [3.8, 4) is 22.7 Å². The van der Waals surface area contributed by atoms with Crippen LogP contribution in [-0.4, -0.2) is 59.5 Å². The van der Waals surface area contributed by atoms with Crippen LogP contribution in [0.3, 0.4) is 0 Å². The predicted molar refractivity (Wildman–Crippen MR) is 149 cm³/mol. The van der Waals surface area contributed by atoms with Gasteiger partial charge in [-0.1, -0.05) is 18.2 Å². The molecule has 4 aromatic rings. The van der Waals surface area contributed by atoms with Crippen LogP contribution in [-0.2, 0) is 20.8 Å². The molecule has 2 aromatic heterocycles. The van der Waals surface area contributed by atoms with Crippen LogP contribution >= 0.6 is 0 Å². The second-order valence-corrected chi connectivity index (χ2v) is 9.89. The molecule has 2 atom stereocenters. The van der Waals surface area contributed by atoms with Gasteiger partial charge in [-0.05, 0) is 66.6 Å². The number of rotatable bonds is 11. The van der Waals surface area contributed by atoms with Crippen LogP contribution in [0, 0.1) is 18.8 Å². The molecule has 1 fully saturated rings. The van der Waals surface area contributed by atoms with E-state index in [-0.39, 0.29) is 24.5 Å². The number of pyridine rings is 1. The van der Waals surface area contributed by atoms with Gasteiger partial charge in [0.2, 0.25) is 5.95 Å². The predicted octanol–water partition coefficient (Wildman–Crippen LogP) is 5.14. The van der Waals surface area contributed by atoms with Crippen molar-refractivity contribution >= 4 is 5.78 Å². The highest BCUT2D eigenvalue weighted by atomic mass is 19.1. The van der Waals surface area contributed by atoms with Crippen LogP contribution in [0.5, 0.6) is 5.75 Å². The Labute approximate surface area is 233 Å². The monoisotopic (exact) mass is 544 g/mol. The molecule has 3 heterocycles. The molecule has 0 bridgehead atoms. The minimum atomic E-state index is -0.574. The van der Waals surface area contributed by atoms with Crippen molar-refractivity contribution in [2.45, 2.75) is 25.9 Å². The van der Waals surface area contributed by atoms with Gasteiger partial charge in [0.1, 0.15) is 17.6 Å². The SMILES string of the molecule is COCCN1C[C@@H](CC(=O)Cc2c(C)c(-c3ccc(OC)cc3)nn2-c2ccccc2)[C@H](c2ccnc(F)c2)O1. The maximum Gasteiger partial charge on any atom is 0.213 e. The number of ketones is 1. The lowest BCUT2D eigenvalue weighted by molar-refractivity contribution is -0.155. The van der Waals surface area contributed by atoms with Crippen molar-refractivity contribution in [1.29, 1.82) is 0 Å². The molecule has 1 saturated heterocycles. The average Bonchev–Trinajstić information content (AvgIpc) is 3.52. The molecule has 0 unspecified atom stereocenters. The highest BCUT2D eigenvalue weighted by Crippen LogP contribution is 2.37. The van der Waals surface area contributed by atoms with Gasteiger partial charge in [0.25, 0.3) is 0 Å². The quantitative estimate of drug-likeness (QED) is 0.242. The minimum Gasteiger partial charge on any atom is -0.497 e. The third-order valence-corrected chi connectivity index (χ3v) is 7.22. The molecule has 0 saturated carbocycles. The summed E-state index contributed by atoms with van der Waals surface area (Å²) in [5, 5.41) is 6.73.